The van der Waals surface area contributed by atoms with Crippen LogP contribution in [0.3, 0.4) is 0 Å². The van der Waals surface area contributed by atoms with Crippen molar-refractivity contribution in [2.75, 3.05) is 19.0 Å². The van der Waals surface area contributed by atoms with E-state index in [1.54, 1.807) is 7.11 Å². The molecule has 2 aromatic rings. The molecule has 17 heavy (non-hydrogen) atoms. The van der Waals surface area contributed by atoms with Gasteiger partial charge in [-0.2, -0.15) is 8.75 Å². The molecule has 0 radical (unpaired) electrons. The lowest BCUT2D eigenvalue weighted by Gasteiger charge is -2.04. The average molecular weight is 270 g/mol. The Balaban J connectivity index is 1.83. The topological polar surface area (TPSA) is 47.0 Å². The van der Waals surface area contributed by atoms with Crippen LogP contribution in [0.5, 0.6) is 5.75 Å². The van der Waals surface area contributed by atoms with Gasteiger partial charge in [0, 0.05) is 6.54 Å². The minimum atomic E-state index is 0.435. The Morgan fingerprint density at radius 2 is 2.06 bits per heavy atom. The van der Waals surface area contributed by atoms with E-state index in [1.807, 2.05) is 24.3 Å². The minimum absolute atomic E-state index is 0.435. The second-order valence-corrected chi connectivity index (χ2v) is 4.31. The maximum absolute atomic E-state index is 5.82. The Morgan fingerprint density at radius 1 is 1.29 bits per heavy atom. The molecule has 0 amide bonds. The maximum Gasteiger partial charge on any atom is 0.186 e. The second-order valence-electron chi connectivity index (χ2n) is 3.43. The highest BCUT2D eigenvalue weighted by Gasteiger charge is 2.03. The van der Waals surface area contributed by atoms with Gasteiger partial charge in [0.05, 0.1) is 18.8 Å². The number of halogens is 1. The molecule has 0 spiro atoms. The number of nitrogens with zero attached hydrogens (tertiary/aromatic N) is 2. The van der Waals surface area contributed by atoms with Crippen molar-refractivity contribution in [2.24, 2.45) is 0 Å². The number of rotatable bonds is 5. The second kappa shape index (κ2) is 5.84. The molecule has 0 aliphatic carbocycles. The Kier molecular flexibility index (Phi) is 4.17. The summed E-state index contributed by atoms with van der Waals surface area (Å²) in [5.74, 6) is 1.53. The summed E-state index contributed by atoms with van der Waals surface area (Å²) < 4.78 is 13.0. The number of hydrogen-bond acceptors (Lipinski definition) is 5. The smallest absolute Gasteiger partial charge is 0.186 e. The van der Waals surface area contributed by atoms with E-state index in [2.05, 4.69) is 14.1 Å². The van der Waals surface area contributed by atoms with Crippen molar-refractivity contribution in [1.82, 2.24) is 8.75 Å². The highest BCUT2D eigenvalue weighted by atomic mass is 35.5. The molecular formula is C11H12ClN3OS. The van der Waals surface area contributed by atoms with Gasteiger partial charge in [-0.15, -0.1) is 0 Å². The Morgan fingerprint density at radius 3 is 2.65 bits per heavy atom. The quantitative estimate of drug-likeness (QED) is 0.907. The molecule has 1 aromatic heterocycles. The molecule has 2 rings (SSSR count). The summed E-state index contributed by atoms with van der Waals surface area (Å²) in [7, 11) is 1.66. The predicted molar refractivity (Wildman–Crippen MR) is 70.1 cm³/mol. The van der Waals surface area contributed by atoms with E-state index in [-0.39, 0.29) is 0 Å². The average Bonchev–Trinajstić information content (AvgIpc) is 2.76. The summed E-state index contributed by atoms with van der Waals surface area (Å²) in [5, 5.41) is 3.58. The number of nitrogens with one attached hydrogen (secondary N) is 1. The number of methoxy groups -OCH3 is 1. The van der Waals surface area contributed by atoms with Crippen LogP contribution in [-0.2, 0) is 6.42 Å². The van der Waals surface area contributed by atoms with Crippen LogP contribution in [0.15, 0.2) is 24.3 Å². The largest absolute Gasteiger partial charge is 0.497 e. The van der Waals surface area contributed by atoms with Gasteiger partial charge in [0.25, 0.3) is 0 Å². The third-order valence-electron chi connectivity index (χ3n) is 2.31. The first-order valence-corrected chi connectivity index (χ1v) is 6.25. The fourth-order valence-corrected chi connectivity index (χ4v) is 2.08. The fraction of sp³-hybridized carbons (Fsp3) is 0.273. The van der Waals surface area contributed by atoms with Crippen molar-refractivity contribution in [1.29, 1.82) is 0 Å². The molecule has 0 saturated heterocycles. The number of benzene rings is 1. The molecule has 6 heteroatoms. The van der Waals surface area contributed by atoms with Gasteiger partial charge in [-0.3, -0.25) is 0 Å². The Hall–Kier alpha value is -1.33. The van der Waals surface area contributed by atoms with Crippen LogP contribution in [0.25, 0.3) is 0 Å². The number of aromatic nitrogens is 2. The first kappa shape index (κ1) is 12.1. The van der Waals surface area contributed by atoms with Crippen LogP contribution >= 0.6 is 23.3 Å². The van der Waals surface area contributed by atoms with E-state index >= 15 is 0 Å². The van der Waals surface area contributed by atoms with Crippen LogP contribution in [0.4, 0.5) is 5.82 Å². The number of ether oxygens (including phenoxy) is 1. The van der Waals surface area contributed by atoms with Crippen molar-refractivity contribution in [3.8, 4) is 5.75 Å². The van der Waals surface area contributed by atoms with E-state index in [4.69, 9.17) is 16.3 Å². The third-order valence-corrected chi connectivity index (χ3v) is 3.21. The lowest BCUT2D eigenvalue weighted by molar-refractivity contribution is 0.414. The third kappa shape index (κ3) is 3.31. The molecule has 0 fully saturated rings. The van der Waals surface area contributed by atoms with Gasteiger partial charge in [-0.25, -0.2) is 0 Å². The first-order valence-electron chi connectivity index (χ1n) is 5.14. The van der Waals surface area contributed by atoms with Crippen LogP contribution < -0.4 is 10.1 Å². The van der Waals surface area contributed by atoms with Crippen molar-refractivity contribution in [3.05, 3.63) is 35.0 Å². The molecule has 0 aliphatic rings. The van der Waals surface area contributed by atoms with Crippen LogP contribution in [0.1, 0.15) is 5.56 Å². The summed E-state index contributed by atoms with van der Waals surface area (Å²) in [5.41, 5.74) is 1.23. The van der Waals surface area contributed by atoms with Crippen molar-refractivity contribution < 1.29 is 4.74 Å². The van der Waals surface area contributed by atoms with E-state index in [0.717, 1.165) is 30.4 Å². The Labute approximate surface area is 109 Å². The van der Waals surface area contributed by atoms with Gasteiger partial charge >= 0.3 is 0 Å². The van der Waals surface area contributed by atoms with Crippen LogP contribution in [0.2, 0.25) is 5.15 Å². The van der Waals surface area contributed by atoms with Crippen LogP contribution in [-0.4, -0.2) is 22.4 Å². The molecule has 1 aromatic carbocycles. The molecule has 0 saturated carbocycles. The standard InChI is InChI=1S/C11H12ClN3OS/c1-16-9-4-2-8(3-5-9)6-7-13-11-10(12)14-17-15-11/h2-5H,6-7H2,1H3,(H,13,15). The highest BCUT2D eigenvalue weighted by molar-refractivity contribution is 6.99. The molecule has 1 heterocycles. The lowest BCUT2D eigenvalue weighted by Crippen LogP contribution is -2.05. The van der Waals surface area contributed by atoms with Gasteiger partial charge in [-0.05, 0) is 24.1 Å². The van der Waals surface area contributed by atoms with Crippen molar-refractivity contribution >= 4 is 29.1 Å². The van der Waals surface area contributed by atoms with Crippen molar-refractivity contribution in [2.45, 2.75) is 6.42 Å². The molecular weight excluding hydrogens is 258 g/mol. The summed E-state index contributed by atoms with van der Waals surface area (Å²) in [6.07, 6.45) is 0.901. The zero-order chi connectivity index (χ0) is 12.1. The first-order chi connectivity index (χ1) is 8.29. The summed E-state index contributed by atoms with van der Waals surface area (Å²) in [6.45, 7) is 0.775. The summed E-state index contributed by atoms with van der Waals surface area (Å²) in [6, 6.07) is 7.99. The van der Waals surface area contributed by atoms with Gasteiger partial charge in [0.2, 0.25) is 0 Å². The molecule has 1 N–H and O–H groups in total. The van der Waals surface area contributed by atoms with Gasteiger partial charge in [0.15, 0.2) is 11.0 Å². The molecule has 0 atom stereocenters. The molecule has 0 aliphatic heterocycles. The van der Waals surface area contributed by atoms with Gasteiger partial charge < -0.3 is 10.1 Å². The number of hydrogen-bond donors (Lipinski definition) is 1. The summed E-state index contributed by atoms with van der Waals surface area (Å²) >= 11 is 6.93. The zero-order valence-corrected chi connectivity index (χ0v) is 10.9. The van der Waals surface area contributed by atoms with Gasteiger partial charge in [0.1, 0.15) is 5.75 Å². The lowest BCUT2D eigenvalue weighted by atomic mass is 10.1. The SMILES string of the molecule is COc1ccc(CCNc2nsnc2Cl)cc1. The monoisotopic (exact) mass is 269 g/mol. The number of anilines is 1. The molecule has 4 nitrogen and oxygen atoms in total. The van der Waals surface area contributed by atoms with E-state index < -0.39 is 0 Å². The molecule has 0 bridgehead atoms. The van der Waals surface area contributed by atoms with Crippen LogP contribution in [0, 0.1) is 0 Å². The fourth-order valence-electron chi connectivity index (χ4n) is 1.40. The normalized spacial score (nSPS) is 10.2. The molecule has 0 unspecified atom stereocenters. The summed E-state index contributed by atoms with van der Waals surface area (Å²) in [4.78, 5) is 0. The van der Waals surface area contributed by atoms with E-state index in [1.165, 1.54) is 5.56 Å². The van der Waals surface area contributed by atoms with E-state index in [0.29, 0.717) is 11.0 Å². The van der Waals surface area contributed by atoms with Crippen molar-refractivity contribution in [3.63, 3.8) is 0 Å². The van der Waals surface area contributed by atoms with Gasteiger partial charge in [-0.1, -0.05) is 23.7 Å². The Bertz CT molecular complexity index is 472. The maximum atomic E-state index is 5.82. The highest BCUT2D eigenvalue weighted by Crippen LogP contribution is 2.18. The zero-order valence-electron chi connectivity index (χ0n) is 9.31. The predicted octanol–water partition coefficient (Wildman–Crippen LogP) is 2.85. The molecule has 90 valence electrons. The minimum Gasteiger partial charge on any atom is -0.497 e. The van der Waals surface area contributed by atoms with E-state index in [9.17, 15) is 0 Å².